The van der Waals surface area contributed by atoms with Crippen LogP contribution in [-0.4, -0.2) is 20.3 Å². The number of rotatable bonds is 6. The quantitative estimate of drug-likeness (QED) is 0.191. The van der Waals surface area contributed by atoms with E-state index in [9.17, 15) is 9.59 Å². The van der Waals surface area contributed by atoms with Crippen LogP contribution in [0.1, 0.15) is 53.3 Å². The number of nitrogens with zero attached hydrogens (tertiary/aromatic N) is 3. The van der Waals surface area contributed by atoms with E-state index in [0.29, 0.717) is 5.56 Å². The van der Waals surface area contributed by atoms with Crippen LogP contribution in [-0.2, 0) is 9.16 Å². The lowest BCUT2D eigenvalue weighted by atomic mass is 10.1. The molecule has 0 saturated heterocycles. The zero-order valence-electron chi connectivity index (χ0n) is 17.2. The average Bonchev–Trinajstić information content (AvgIpc) is 2.67. The molecular weight excluding hydrogens is 386 g/mol. The largest absolute Gasteiger partial charge is 0.516 e. The minimum atomic E-state index is -2.37. The van der Waals surface area contributed by atoms with Gasteiger partial charge in [0.05, 0.1) is 11.1 Å². The fraction of sp³-hybridized carbons (Fsp3) is 0.333. The molecule has 0 N–H and O–H groups in total. The summed E-state index contributed by atoms with van der Waals surface area (Å²) in [5.41, 5.74) is 9.75. The van der Waals surface area contributed by atoms with Crippen LogP contribution in [0.15, 0.2) is 59.7 Å². The van der Waals surface area contributed by atoms with Crippen LogP contribution in [0.2, 0.25) is 18.1 Å². The lowest BCUT2D eigenvalue weighted by molar-refractivity contribution is 0.0306. The number of carbonyl (C=O) groups excluding carboxylic acids is 2. The predicted molar refractivity (Wildman–Crippen MR) is 113 cm³/mol. The second-order valence-electron chi connectivity index (χ2n) is 8.07. The van der Waals surface area contributed by atoms with Crippen LogP contribution in [0.4, 0.5) is 0 Å². The monoisotopic (exact) mass is 411 g/mol. The van der Waals surface area contributed by atoms with Crippen molar-refractivity contribution in [3.8, 4) is 0 Å². The standard InChI is InChI=1S/C21H25N3O4Si/c1-21(2,3)29(4,5)28-20(26)17-14-10-9-13-16(17)18(23-24-22)27-19(25)15-11-7-6-8-12-15/h6-14,18H,1-5H3. The molecule has 0 aromatic heterocycles. The Balaban J connectivity index is 2.36. The normalized spacial score (nSPS) is 12.4. The van der Waals surface area contributed by atoms with Crippen molar-refractivity contribution < 1.29 is 18.8 Å². The first kappa shape index (κ1) is 22.2. The molecule has 0 fully saturated rings. The Kier molecular flexibility index (Phi) is 6.84. The molecule has 0 heterocycles. The molecule has 0 radical (unpaired) electrons. The van der Waals surface area contributed by atoms with Gasteiger partial charge in [-0.15, -0.1) is 0 Å². The molecule has 0 aliphatic heterocycles. The van der Waals surface area contributed by atoms with E-state index in [1.807, 2.05) is 33.9 Å². The lowest BCUT2D eigenvalue weighted by Gasteiger charge is -2.35. The maximum Gasteiger partial charge on any atom is 0.338 e. The highest BCUT2D eigenvalue weighted by Gasteiger charge is 2.41. The Morgan fingerprint density at radius 1 is 1.00 bits per heavy atom. The van der Waals surface area contributed by atoms with Crippen molar-refractivity contribution in [1.29, 1.82) is 0 Å². The summed E-state index contributed by atoms with van der Waals surface area (Å²) in [6, 6.07) is 14.9. The summed E-state index contributed by atoms with van der Waals surface area (Å²) < 4.78 is 11.3. The van der Waals surface area contributed by atoms with Crippen molar-refractivity contribution in [2.75, 3.05) is 0 Å². The van der Waals surface area contributed by atoms with Crippen LogP contribution in [0.5, 0.6) is 0 Å². The minimum absolute atomic E-state index is 0.165. The number of hydrogen-bond acceptors (Lipinski definition) is 5. The molecule has 1 atom stereocenters. The van der Waals surface area contributed by atoms with Crippen molar-refractivity contribution in [1.82, 2.24) is 0 Å². The molecular formula is C21H25N3O4Si. The predicted octanol–water partition coefficient (Wildman–Crippen LogP) is 6.01. The average molecular weight is 412 g/mol. The summed E-state index contributed by atoms with van der Waals surface area (Å²) in [5, 5.41) is 3.42. The van der Waals surface area contributed by atoms with Gasteiger partial charge in [-0.05, 0) is 47.0 Å². The highest BCUT2D eigenvalue weighted by molar-refractivity contribution is 6.75. The Hall–Kier alpha value is -3.09. The molecule has 1 unspecified atom stereocenters. The van der Waals surface area contributed by atoms with E-state index in [1.165, 1.54) is 0 Å². The third-order valence-electron chi connectivity index (χ3n) is 4.99. The van der Waals surface area contributed by atoms with E-state index >= 15 is 0 Å². The first-order valence-corrected chi connectivity index (χ1v) is 12.1. The number of carbonyl (C=O) groups is 2. The van der Waals surface area contributed by atoms with E-state index in [2.05, 4.69) is 10.0 Å². The number of ether oxygens (including phenoxy) is 1. The van der Waals surface area contributed by atoms with Crippen molar-refractivity contribution in [2.24, 2.45) is 5.11 Å². The molecule has 0 spiro atoms. The summed E-state index contributed by atoms with van der Waals surface area (Å²) in [7, 11) is -2.37. The SMILES string of the molecule is CC(C)(C)[Si](C)(C)OC(=O)c1ccccc1C(N=[N+]=[N-])OC(=O)c1ccccc1. The van der Waals surface area contributed by atoms with Crippen molar-refractivity contribution >= 4 is 20.3 Å². The molecule has 7 nitrogen and oxygen atoms in total. The van der Waals surface area contributed by atoms with Crippen LogP contribution in [0.3, 0.4) is 0 Å². The topological polar surface area (TPSA) is 101 Å². The molecule has 152 valence electrons. The van der Waals surface area contributed by atoms with Gasteiger partial charge in [-0.2, -0.15) is 0 Å². The number of benzene rings is 2. The summed E-state index contributed by atoms with van der Waals surface area (Å²) in [5.74, 6) is -1.18. The lowest BCUT2D eigenvalue weighted by Crippen LogP contribution is -2.42. The summed E-state index contributed by atoms with van der Waals surface area (Å²) >= 11 is 0. The van der Waals surface area contributed by atoms with Gasteiger partial charge in [0, 0.05) is 10.5 Å². The molecule has 29 heavy (non-hydrogen) atoms. The number of azide groups is 1. The van der Waals surface area contributed by atoms with Crippen molar-refractivity contribution in [2.45, 2.75) is 45.1 Å². The third-order valence-corrected chi connectivity index (χ3v) is 9.29. The molecule has 0 aliphatic carbocycles. The Morgan fingerprint density at radius 3 is 2.17 bits per heavy atom. The van der Waals surface area contributed by atoms with Gasteiger partial charge in [0.15, 0.2) is 0 Å². The zero-order valence-corrected chi connectivity index (χ0v) is 18.2. The highest BCUT2D eigenvalue weighted by atomic mass is 28.4. The van der Waals surface area contributed by atoms with Gasteiger partial charge in [-0.25, -0.2) is 9.59 Å². The van der Waals surface area contributed by atoms with E-state index in [1.54, 1.807) is 54.6 Å². The number of esters is 1. The Morgan fingerprint density at radius 2 is 1.59 bits per heavy atom. The second-order valence-corrected chi connectivity index (χ2v) is 12.8. The van der Waals surface area contributed by atoms with E-state index in [-0.39, 0.29) is 16.2 Å². The van der Waals surface area contributed by atoms with Gasteiger partial charge < -0.3 is 9.16 Å². The maximum atomic E-state index is 12.9. The molecule has 2 aromatic carbocycles. The third kappa shape index (κ3) is 5.46. The number of hydrogen-bond donors (Lipinski definition) is 0. The Bertz CT molecular complexity index is 932. The second kappa shape index (κ2) is 8.94. The Labute approximate surface area is 171 Å². The van der Waals surface area contributed by atoms with Gasteiger partial charge in [0.1, 0.15) is 0 Å². The maximum absolute atomic E-state index is 12.9. The van der Waals surface area contributed by atoms with Crippen LogP contribution >= 0.6 is 0 Å². The first-order chi connectivity index (χ1) is 13.6. The van der Waals surface area contributed by atoms with Crippen molar-refractivity contribution in [3.05, 3.63) is 81.7 Å². The first-order valence-electron chi connectivity index (χ1n) is 9.19. The highest BCUT2D eigenvalue weighted by Crippen LogP contribution is 2.37. The van der Waals surface area contributed by atoms with E-state index < -0.39 is 26.5 Å². The van der Waals surface area contributed by atoms with Gasteiger partial charge in [-0.3, -0.25) is 0 Å². The summed E-state index contributed by atoms with van der Waals surface area (Å²) in [4.78, 5) is 28.1. The summed E-state index contributed by atoms with van der Waals surface area (Å²) in [6.45, 7) is 10.0. The molecule has 0 bridgehead atoms. The fourth-order valence-electron chi connectivity index (χ4n) is 2.28. The minimum Gasteiger partial charge on any atom is -0.516 e. The molecule has 8 heteroatoms. The fourth-order valence-corrected chi connectivity index (χ4v) is 3.16. The molecule has 0 saturated carbocycles. The van der Waals surface area contributed by atoms with Crippen LogP contribution < -0.4 is 0 Å². The van der Waals surface area contributed by atoms with Crippen LogP contribution in [0, 0.1) is 0 Å². The van der Waals surface area contributed by atoms with E-state index in [0.717, 1.165) is 0 Å². The molecule has 2 rings (SSSR count). The van der Waals surface area contributed by atoms with Crippen molar-refractivity contribution in [3.63, 3.8) is 0 Å². The summed E-state index contributed by atoms with van der Waals surface area (Å²) in [6.07, 6.45) is -1.30. The zero-order chi connectivity index (χ0) is 21.7. The molecule has 0 amide bonds. The van der Waals surface area contributed by atoms with E-state index in [4.69, 9.17) is 14.7 Å². The van der Waals surface area contributed by atoms with Gasteiger partial charge in [0.2, 0.25) is 6.23 Å². The molecule has 2 aromatic rings. The smallest absolute Gasteiger partial charge is 0.338 e. The van der Waals surface area contributed by atoms with Gasteiger partial charge in [-0.1, -0.05) is 57.2 Å². The van der Waals surface area contributed by atoms with Gasteiger partial charge >= 0.3 is 11.9 Å². The van der Waals surface area contributed by atoms with Crippen LogP contribution in [0.25, 0.3) is 10.4 Å². The van der Waals surface area contributed by atoms with Gasteiger partial charge in [0.25, 0.3) is 8.32 Å². The molecule has 0 aliphatic rings.